The second kappa shape index (κ2) is 6.39. The molecule has 6 nitrogen and oxygen atoms in total. The maximum absolute atomic E-state index is 4.33. The summed E-state index contributed by atoms with van der Waals surface area (Å²) >= 11 is 0. The fraction of sp³-hybridized carbons (Fsp3) is 0.667. The van der Waals surface area contributed by atoms with Gasteiger partial charge in [0.1, 0.15) is 12.1 Å². The minimum Gasteiger partial charge on any atom is -0.369 e. The van der Waals surface area contributed by atoms with Crippen molar-refractivity contribution in [3.63, 3.8) is 0 Å². The molecule has 0 aliphatic carbocycles. The van der Waals surface area contributed by atoms with Gasteiger partial charge in [-0.15, -0.1) is 0 Å². The van der Waals surface area contributed by atoms with Gasteiger partial charge in [0.05, 0.1) is 11.6 Å². The molecule has 3 rings (SSSR count). The molecule has 0 saturated carbocycles. The average molecular weight is 288 g/mol. The summed E-state index contributed by atoms with van der Waals surface area (Å²) in [4.78, 5) is 11.1. The van der Waals surface area contributed by atoms with Gasteiger partial charge in [-0.05, 0) is 44.8 Å². The van der Waals surface area contributed by atoms with Crippen LogP contribution in [0, 0.1) is 5.92 Å². The van der Waals surface area contributed by atoms with Crippen LogP contribution in [0.4, 0.5) is 5.82 Å². The smallest absolute Gasteiger partial charge is 0.163 e. The highest BCUT2D eigenvalue weighted by atomic mass is 15.3. The van der Waals surface area contributed by atoms with Crippen molar-refractivity contribution in [2.45, 2.75) is 26.2 Å². The van der Waals surface area contributed by atoms with E-state index in [1.165, 1.54) is 32.5 Å². The molecular formula is C15H24N6. The van der Waals surface area contributed by atoms with E-state index < -0.39 is 0 Å². The SMILES string of the molecule is CC1CCN(CCCNc2ncnc3c2cnn3C)CC1. The van der Waals surface area contributed by atoms with Gasteiger partial charge in [0.25, 0.3) is 0 Å². The predicted molar refractivity (Wildman–Crippen MR) is 84.2 cm³/mol. The van der Waals surface area contributed by atoms with E-state index in [2.05, 4.69) is 32.2 Å². The van der Waals surface area contributed by atoms with E-state index in [0.29, 0.717) is 0 Å². The number of rotatable bonds is 5. The predicted octanol–water partition coefficient (Wildman–Crippen LogP) is 1.90. The van der Waals surface area contributed by atoms with Crippen LogP contribution >= 0.6 is 0 Å². The Kier molecular flexibility index (Phi) is 4.34. The maximum atomic E-state index is 4.33. The van der Waals surface area contributed by atoms with Crippen LogP contribution in [0.2, 0.25) is 0 Å². The van der Waals surface area contributed by atoms with Crippen molar-refractivity contribution in [1.29, 1.82) is 0 Å². The Morgan fingerprint density at radius 2 is 2.10 bits per heavy atom. The second-order valence-corrected chi connectivity index (χ2v) is 6.03. The van der Waals surface area contributed by atoms with Crippen LogP contribution in [-0.2, 0) is 7.05 Å². The molecule has 0 atom stereocenters. The largest absolute Gasteiger partial charge is 0.369 e. The number of fused-ring (bicyclic) bond motifs is 1. The molecule has 1 aliphatic rings. The van der Waals surface area contributed by atoms with Crippen LogP contribution in [0.1, 0.15) is 26.2 Å². The van der Waals surface area contributed by atoms with E-state index >= 15 is 0 Å². The van der Waals surface area contributed by atoms with Crippen LogP contribution in [0.15, 0.2) is 12.5 Å². The highest BCUT2D eigenvalue weighted by Crippen LogP contribution is 2.18. The first-order chi connectivity index (χ1) is 10.2. The number of piperidine rings is 1. The van der Waals surface area contributed by atoms with Crippen molar-refractivity contribution < 1.29 is 0 Å². The van der Waals surface area contributed by atoms with Gasteiger partial charge in [0.15, 0.2) is 5.65 Å². The molecule has 114 valence electrons. The van der Waals surface area contributed by atoms with Crippen LogP contribution < -0.4 is 5.32 Å². The maximum Gasteiger partial charge on any atom is 0.163 e. The zero-order valence-electron chi connectivity index (χ0n) is 12.9. The first-order valence-electron chi connectivity index (χ1n) is 7.83. The van der Waals surface area contributed by atoms with Gasteiger partial charge >= 0.3 is 0 Å². The number of hydrogen-bond acceptors (Lipinski definition) is 5. The normalized spacial score (nSPS) is 17.4. The van der Waals surface area contributed by atoms with Crippen LogP contribution in [0.3, 0.4) is 0 Å². The molecule has 21 heavy (non-hydrogen) atoms. The standard InChI is InChI=1S/C15H24N6/c1-12-4-8-21(9-5-12)7-3-6-16-14-13-10-19-20(2)15(13)18-11-17-14/h10-12H,3-9H2,1-2H3,(H,16,17,18). The third-order valence-electron chi connectivity index (χ3n) is 4.35. The Morgan fingerprint density at radius 3 is 2.90 bits per heavy atom. The van der Waals surface area contributed by atoms with Gasteiger partial charge in [-0.1, -0.05) is 6.92 Å². The molecule has 0 bridgehead atoms. The van der Waals surface area contributed by atoms with E-state index in [1.54, 1.807) is 11.0 Å². The number of aromatic nitrogens is 4. The highest BCUT2D eigenvalue weighted by molar-refractivity contribution is 5.85. The number of aryl methyl sites for hydroxylation is 1. The summed E-state index contributed by atoms with van der Waals surface area (Å²) in [6.07, 6.45) is 7.24. The van der Waals surface area contributed by atoms with E-state index in [9.17, 15) is 0 Å². The van der Waals surface area contributed by atoms with Crippen molar-refractivity contribution >= 4 is 16.9 Å². The van der Waals surface area contributed by atoms with Gasteiger partial charge in [0, 0.05) is 13.6 Å². The number of nitrogens with one attached hydrogen (secondary N) is 1. The molecule has 1 N–H and O–H groups in total. The lowest BCUT2D eigenvalue weighted by Gasteiger charge is -2.30. The molecule has 0 amide bonds. The molecule has 1 saturated heterocycles. The Bertz CT molecular complexity index is 585. The third kappa shape index (κ3) is 3.32. The summed E-state index contributed by atoms with van der Waals surface area (Å²) in [5.41, 5.74) is 0.873. The van der Waals surface area contributed by atoms with Crippen molar-refractivity contribution in [2.24, 2.45) is 13.0 Å². The Morgan fingerprint density at radius 1 is 1.29 bits per heavy atom. The van der Waals surface area contributed by atoms with Crippen LogP contribution in [0.5, 0.6) is 0 Å². The first-order valence-corrected chi connectivity index (χ1v) is 7.83. The van der Waals surface area contributed by atoms with Crippen molar-refractivity contribution in [2.75, 3.05) is 31.5 Å². The lowest BCUT2D eigenvalue weighted by molar-refractivity contribution is 0.192. The van der Waals surface area contributed by atoms with Gasteiger partial charge < -0.3 is 10.2 Å². The minimum atomic E-state index is 0.873. The van der Waals surface area contributed by atoms with E-state index in [-0.39, 0.29) is 0 Å². The molecule has 1 aliphatic heterocycles. The van der Waals surface area contributed by atoms with Crippen LogP contribution in [0.25, 0.3) is 11.0 Å². The Hall–Kier alpha value is -1.69. The molecule has 0 unspecified atom stereocenters. The zero-order valence-corrected chi connectivity index (χ0v) is 12.9. The van der Waals surface area contributed by atoms with Crippen molar-refractivity contribution in [1.82, 2.24) is 24.6 Å². The zero-order chi connectivity index (χ0) is 14.7. The summed E-state index contributed by atoms with van der Waals surface area (Å²) in [5, 5.41) is 8.64. The van der Waals surface area contributed by atoms with E-state index in [1.807, 2.05) is 13.2 Å². The Balaban J connectivity index is 1.48. The summed E-state index contributed by atoms with van der Waals surface area (Å²) in [6, 6.07) is 0. The Labute approximate surface area is 125 Å². The van der Waals surface area contributed by atoms with E-state index in [4.69, 9.17) is 0 Å². The summed E-state index contributed by atoms with van der Waals surface area (Å²) in [5.74, 6) is 1.79. The van der Waals surface area contributed by atoms with Crippen molar-refractivity contribution in [3.8, 4) is 0 Å². The monoisotopic (exact) mass is 288 g/mol. The quantitative estimate of drug-likeness (QED) is 0.852. The molecule has 6 heteroatoms. The molecule has 0 radical (unpaired) electrons. The minimum absolute atomic E-state index is 0.873. The van der Waals surface area contributed by atoms with Gasteiger partial charge in [-0.3, -0.25) is 4.68 Å². The molecule has 0 aromatic carbocycles. The second-order valence-electron chi connectivity index (χ2n) is 6.03. The topological polar surface area (TPSA) is 58.9 Å². The molecule has 0 spiro atoms. The molecule has 2 aromatic heterocycles. The van der Waals surface area contributed by atoms with Gasteiger partial charge in [-0.2, -0.15) is 5.10 Å². The third-order valence-corrected chi connectivity index (χ3v) is 4.35. The van der Waals surface area contributed by atoms with Gasteiger partial charge in [0.2, 0.25) is 0 Å². The average Bonchev–Trinajstić information content (AvgIpc) is 2.88. The number of hydrogen-bond donors (Lipinski definition) is 1. The number of likely N-dealkylation sites (tertiary alicyclic amines) is 1. The fourth-order valence-corrected chi connectivity index (χ4v) is 2.90. The molecule has 1 fully saturated rings. The lowest BCUT2D eigenvalue weighted by atomic mass is 9.99. The fourth-order valence-electron chi connectivity index (χ4n) is 2.90. The van der Waals surface area contributed by atoms with Gasteiger partial charge in [-0.25, -0.2) is 9.97 Å². The summed E-state index contributed by atoms with van der Waals surface area (Å²) in [7, 11) is 1.90. The first kappa shape index (κ1) is 14.3. The van der Waals surface area contributed by atoms with E-state index in [0.717, 1.165) is 35.7 Å². The molecular weight excluding hydrogens is 264 g/mol. The molecule has 2 aromatic rings. The number of anilines is 1. The highest BCUT2D eigenvalue weighted by Gasteiger charge is 2.14. The lowest BCUT2D eigenvalue weighted by Crippen LogP contribution is -2.34. The summed E-state index contributed by atoms with van der Waals surface area (Å²) in [6.45, 7) is 6.96. The van der Waals surface area contributed by atoms with Crippen LogP contribution in [-0.4, -0.2) is 50.8 Å². The van der Waals surface area contributed by atoms with Crippen molar-refractivity contribution in [3.05, 3.63) is 12.5 Å². The summed E-state index contributed by atoms with van der Waals surface area (Å²) < 4.78 is 1.77. The molecule has 3 heterocycles. The number of nitrogens with zero attached hydrogens (tertiary/aromatic N) is 5.